The van der Waals surface area contributed by atoms with Gasteiger partial charge in [0.25, 0.3) is 0 Å². The molecule has 0 radical (unpaired) electrons. The average molecular weight is 463 g/mol. The number of rotatable bonds is 8. The smallest absolute Gasteiger partial charge is 0.234 e. The molecule has 2 heterocycles. The second kappa shape index (κ2) is 10.3. The molecule has 30 heavy (non-hydrogen) atoms. The summed E-state index contributed by atoms with van der Waals surface area (Å²) in [7, 11) is 0. The minimum Gasteiger partial charge on any atom is -0.325 e. The van der Waals surface area contributed by atoms with Gasteiger partial charge in [-0.05, 0) is 51.5 Å². The number of anilines is 1. The van der Waals surface area contributed by atoms with Crippen molar-refractivity contribution in [3.8, 4) is 0 Å². The van der Waals surface area contributed by atoms with Gasteiger partial charge >= 0.3 is 0 Å². The number of carbonyl (C=O) groups is 1. The first-order valence-electron chi connectivity index (χ1n) is 9.41. The third kappa shape index (κ3) is 5.96. The van der Waals surface area contributed by atoms with E-state index >= 15 is 0 Å². The van der Waals surface area contributed by atoms with Gasteiger partial charge in [0.2, 0.25) is 5.91 Å². The number of aryl methyl sites for hydroxylation is 3. The normalized spacial score (nSPS) is 11.0. The first kappa shape index (κ1) is 22.6. The molecule has 1 aromatic carbocycles. The summed E-state index contributed by atoms with van der Waals surface area (Å²) >= 11 is 8.91. The van der Waals surface area contributed by atoms with Gasteiger partial charge in [-0.25, -0.2) is 9.97 Å². The summed E-state index contributed by atoms with van der Waals surface area (Å²) in [6, 6.07) is 7.37. The first-order chi connectivity index (χ1) is 14.4. The van der Waals surface area contributed by atoms with Crippen LogP contribution in [-0.4, -0.2) is 36.4 Å². The molecule has 3 rings (SSSR count). The number of nitrogens with one attached hydrogen (secondary N) is 1. The van der Waals surface area contributed by atoms with Crippen molar-refractivity contribution in [2.24, 2.45) is 0 Å². The molecule has 1 N–H and O–H groups in total. The number of carbonyl (C=O) groups excluding carboxylic acids is 1. The largest absolute Gasteiger partial charge is 0.325 e. The van der Waals surface area contributed by atoms with Gasteiger partial charge in [0.05, 0.1) is 11.5 Å². The fraction of sp³-hybridized carbons (Fsp3) is 0.350. The number of halogens is 1. The van der Waals surface area contributed by atoms with Crippen molar-refractivity contribution < 1.29 is 4.79 Å². The number of amides is 1. The van der Waals surface area contributed by atoms with Crippen molar-refractivity contribution in [3.05, 3.63) is 52.1 Å². The van der Waals surface area contributed by atoms with E-state index in [0.29, 0.717) is 22.5 Å². The average Bonchev–Trinajstić information content (AvgIpc) is 3.08. The van der Waals surface area contributed by atoms with Gasteiger partial charge in [-0.2, -0.15) is 0 Å². The van der Waals surface area contributed by atoms with E-state index in [4.69, 9.17) is 11.6 Å². The Balaban J connectivity index is 1.61. The van der Waals surface area contributed by atoms with Crippen LogP contribution in [0.25, 0.3) is 0 Å². The molecule has 0 saturated heterocycles. The number of aromatic nitrogens is 5. The molecule has 0 unspecified atom stereocenters. The van der Waals surface area contributed by atoms with Crippen LogP contribution < -0.4 is 5.32 Å². The highest BCUT2D eigenvalue weighted by Gasteiger charge is 2.15. The van der Waals surface area contributed by atoms with Crippen LogP contribution in [0.2, 0.25) is 5.02 Å². The fourth-order valence-electron chi connectivity index (χ4n) is 2.78. The number of hydrogen-bond donors (Lipinski definition) is 1. The highest BCUT2D eigenvalue weighted by atomic mass is 35.5. The van der Waals surface area contributed by atoms with E-state index in [0.717, 1.165) is 33.6 Å². The van der Waals surface area contributed by atoms with Crippen molar-refractivity contribution >= 4 is 46.7 Å². The van der Waals surface area contributed by atoms with Crippen LogP contribution in [-0.2, 0) is 17.1 Å². The maximum atomic E-state index is 12.4. The lowest BCUT2D eigenvalue weighted by molar-refractivity contribution is -0.113. The van der Waals surface area contributed by atoms with Crippen LogP contribution in [0.15, 0.2) is 34.6 Å². The summed E-state index contributed by atoms with van der Waals surface area (Å²) in [5.41, 5.74) is 3.57. The van der Waals surface area contributed by atoms with Crippen LogP contribution in [0.4, 0.5) is 5.69 Å². The number of benzene rings is 1. The molecule has 7 nitrogen and oxygen atoms in total. The van der Waals surface area contributed by atoms with E-state index < -0.39 is 0 Å². The Morgan fingerprint density at radius 3 is 2.53 bits per heavy atom. The third-order valence-electron chi connectivity index (χ3n) is 4.21. The Kier molecular flexibility index (Phi) is 7.74. The Morgan fingerprint density at radius 2 is 1.83 bits per heavy atom. The van der Waals surface area contributed by atoms with Gasteiger partial charge in [0, 0.05) is 28.6 Å². The highest BCUT2D eigenvalue weighted by Crippen LogP contribution is 2.24. The lowest BCUT2D eigenvalue weighted by atomic mass is 10.2. The lowest BCUT2D eigenvalue weighted by Crippen LogP contribution is -2.15. The maximum absolute atomic E-state index is 12.4. The van der Waals surface area contributed by atoms with Crippen molar-refractivity contribution in [2.75, 3.05) is 11.1 Å². The SMILES string of the molecule is CCn1c(CSc2nc(C)cc(C)n2)nnc1SCC(=O)Nc1cc(Cl)ccc1C. The maximum Gasteiger partial charge on any atom is 0.234 e. The lowest BCUT2D eigenvalue weighted by Gasteiger charge is -2.09. The molecule has 0 aliphatic rings. The van der Waals surface area contributed by atoms with Gasteiger partial charge in [-0.3, -0.25) is 4.79 Å². The van der Waals surface area contributed by atoms with E-state index in [2.05, 4.69) is 25.5 Å². The Morgan fingerprint density at radius 1 is 1.10 bits per heavy atom. The summed E-state index contributed by atoms with van der Waals surface area (Å²) in [5, 5.41) is 13.5. The molecule has 0 bridgehead atoms. The van der Waals surface area contributed by atoms with Crippen LogP contribution >= 0.6 is 35.1 Å². The van der Waals surface area contributed by atoms with Crippen LogP contribution in [0.3, 0.4) is 0 Å². The molecule has 0 spiro atoms. The second-order valence-electron chi connectivity index (χ2n) is 6.66. The summed E-state index contributed by atoms with van der Waals surface area (Å²) in [5.74, 6) is 1.56. The zero-order valence-electron chi connectivity index (χ0n) is 17.3. The predicted octanol–water partition coefficient (Wildman–Crippen LogP) is 4.69. The topological polar surface area (TPSA) is 85.6 Å². The van der Waals surface area contributed by atoms with Gasteiger partial charge < -0.3 is 9.88 Å². The molecule has 10 heteroatoms. The zero-order chi connectivity index (χ0) is 21.7. The molecule has 3 aromatic rings. The van der Waals surface area contributed by atoms with Crippen molar-refractivity contribution in [2.45, 2.75) is 50.3 Å². The first-order valence-corrected chi connectivity index (χ1v) is 11.8. The van der Waals surface area contributed by atoms with E-state index in [9.17, 15) is 4.79 Å². The van der Waals surface area contributed by atoms with Gasteiger partial charge in [-0.1, -0.05) is 41.2 Å². The molecule has 1 amide bonds. The number of nitrogens with zero attached hydrogens (tertiary/aromatic N) is 5. The molecule has 0 fully saturated rings. The number of hydrogen-bond acceptors (Lipinski definition) is 7. The van der Waals surface area contributed by atoms with E-state index in [-0.39, 0.29) is 11.7 Å². The van der Waals surface area contributed by atoms with Crippen molar-refractivity contribution in [1.82, 2.24) is 24.7 Å². The Hall–Kier alpha value is -2.10. The van der Waals surface area contributed by atoms with E-state index in [1.807, 2.05) is 44.4 Å². The molecule has 0 saturated carbocycles. The Labute approximate surface area is 189 Å². The second-order valence-corrected chi connectivity index (χ2v) is 8.98. The molecular formula is C20H23ClN6OS2. The molecule has 158 valence electrons. The third-order valence-corrected chi connectivity index (χ3v) is 6.25. The summed E-state index contributed by atoms with van der Waals surface area (Å²) in [6.07, 6.45) is 0. The fourth-order valence-corrected chi connectivity index (χ4v) is 4.66. The molecular weight excluding hydrogens is 440 g/mol. The van der Waals surface area contributed by atoms with Crippen LogP contribution in [0.5, 0.6) is 0 Å². The minimum atomic E-state index is -0.115. The minimum absolute atomic E-state index is 0.115. The van der Waals surface area contributed by atoms with Gasteiger partial charge in [0.15, 0.2) is 10.3 Å². The quantitative estimate of drug-likeness (QED) is 0.384. The predicted molar refractivity (Wildman–Crippen MR) is 122 cm³/mol. The highest BCUT2D eigenvalue weighted by molar-refractivity contribution is 7.99. The van der Waals surface area contributed by atoms with Crippen molar-refractivity contribution in [1.29, 1.82) is 0 Å². The summed E-state index contributed by atoms with van der Waals surface area (Å²) in [4.78, 5) is 21.3. The van der Waals surface area contributed by atoms with Crippen LogP contribution in [0, 0.1) is 20.8 Å². The molecule has 0 aliphatic heterocycles. The molecule has 0 atom stereocenters. The number of thioether (sulfide) groups is 2. The standard InChI is InChI=1S/C20H23ClN6OS2/c1-5-27-17(10-29-19-22-13(3)8-14(4)23-19)25-26-20(27)30-11-18(28)24-16-9-15(21)7-6-12(16)2/h6-9H,5,10-11H2,1-4H3,(H,24,28). The summed E-state index contributed by atoms with van der Waals surface area (Å²) < 4.78 is 2.01. The molecule has 2 aromatic heterocycles. The van der Waals surface area contributed by atoms with E-state index in [1.165, 1.54) is 23.5 Å². The molecule has 0 aliphatic carbocycles. The monoisotopic (exact) mass is 462 g/mol. The summed E-state index contributed by atoms with van der Waals surface area (Å²) in [6.45, 7) is 8.59. The van der Waals surface area contributed by atoms with Crippen molar-refractivity contribution in [3.63, 3.8) is 0 Å². The van der Waals surface area contributed by atoms with Crippen LogP contribution in [0.1, 0.15) is 29.7 Å². The van der Waals surface area contributed by atoms with Gasteiger partial charge in [0.1, 0.15) is 5.82 Å². The zero-order valence-corrected chi connectivity index (χ0v) is 19.7. The van der Waals surface area contributed by atoms with E-state index in [1.54, 1.807) is 12.1 Å². The Bertz CT molecular complexity index is 1040. The van der Waals surface area contributed by atoms with Gasteiger partial charge in [-0.15, -0.1) is 10.2 Å².